The number of para-hydroxylation sites is 1. The summed E-state index contributed by atoms with van der Waals surface area (Å²) in [4.78, 5) is 49.9. The van der Waals surface area contributed by atoms with Crippen LogP contribution in [0, 0.1) is 10.1 Å². The Morgan fingerprint density at radius 2 is 1.84 bits per heavy atom. The predicted octanol–water partition coefficient (Wildman–Crippen LogP) is 2.16. The fourth-order valence-corrected chi connectivity index (χ4v) is 2.60. The fourth-order valence-electron chi connectivity index (χ4n) is 2.60. The molecule has 0 saturated heterocycles. The number of hydrazine groups is 1. The maximum Gasteiger partial charge on any atom is 0.331 e. The third kappa shape index (κ3) is 5.70. The molecule has 1 heterocycles. The van der Waals surface area contributed by atoms with Crippen LogP contribution >= 0.6 is 0 Å². The molecule has 10 heteroatoms. The number of pyridine rings is 1. The lowest BCUT2D eigenvalue weighted by atomic mass is 10.1. The molecule has 0 spiro atoms. The second kappa shape index (κ2) is 9.74. The number of nitrogens with one attached hydrogen (secondary N) is 2. The lowest BCUT2D eigenvalue weighted by molar-refractivity contribution is -0.384. The third-order valence-corrected chi connectivity index (χ3v) is 4.04. The number of benzene rings is 2. The van der Waals surface area contributed by atoms with Crippen LogP contribution in [0.2, 0.25) is 0 Å². The minimum absolute atomic E-state index is 0.0156. The summed E-state index contributed by atoms with van der Waals surface area (Å²) in [6.07, 6.45) is 4.34. The van der Waals surface area contributed by atoms with E-state index in [4.69, 9.17) is 4.74 Å². The number of non-ortho nitro benzene ring substituents is 1. The van der Waals surface area contributed by atoms with Gasteiger partial charge in [0, 0.05) is 40.9 Å². The van der Waals surface area contributed by atoms with Crippen molar-refractivity contribution in [3.63, 3.8) is 0 Å². The molecule has 0 atom stereocenters. The number of hydrogen-bond donors (Lipinski definition) is 2. The molecule has 3 aromatic rings. The predicted molar refractivity (Wildman–Crippen MR) is 110 cm³/mol. The van der Waals surface area contributed by atoms with E-state index < -0.39 is 29.3 Å². The smallest absolute Gasteiger partial charge is 0.331 e. The summed E-state index contributed by atoms with van der Waals surface area (Å²) in [5.74, 6) is -2.30. The van der Waals surface area contributed by atoms with Crippen LogP contribution < -0.4 is 10.9 Å². The van der Waals surface area contributed by atoms with Gasteiger partial charge in [0.05, 0.1) is 10.4 Å². The summed E-state index contributed by atoms with van der Waals surface area (Å²) in [7, 11) is 0. The molecule has 2 N–H and O–H groups in total. The highest BCUT2D eigenvalue weighted by atomic mass is 16.6. The van der Waals surface area contributed by atoms with Gasteiger partial charge in [-0.05, 0) is 18.2 Å². The minimum Gasteiger partial charge on any atom is -0.452 e. The normalized spacial score (nSPS) is 10.6. The summed E-state index contributed by atoms with van der Waals surface area (Å²) in [6, 6.07) is 14.2. The number of nitro groups is 1. The van der Waals surface area contributed by atoms with Gasteiger partial charge in [-0.1, -0.05) is 30.3 Å². The van der Waals surface area contributed by atoms with Crippen LogP contribution in [0.15, 0.2) is 66.9 Å². The Labute approximate surface area is 175 Å². The first-order chi connectivity index (χ1) is 14.9. The van der Waals surface area contributed by atoms with Gasteiger partial charge in [-0.2, -0.15) is 0 Å². The summed E-state index contributed by atoms with van der Waals surface area (Å²) >= 11 is 0. The number of nitro benzene ring substituents is 1. The number of carbonyl (C=O) groups is 3. The molecule has 156 valence electrons. The molecule has 0 bridgehead atoms. The van der Waals surface area contributed by atoms with Crippen molar-refractivity contribution < 1.29 is 24.0 Å². The molecule has 31 heavy (non-hydrogen) atoms. The standard InChI is InChI=1S/C21H16N4O6/c26-18(23-24-21(28)16-6-2-8-17(12-16)25(29)30)13-31-19(27)10-9-15-5-1-4-14-7-3-11-22-20(14)15/h1-12H,13H2,(H,23,26)(H,24,28)/b10-9+. The van der Waals surface area contributed by atoms with E-state index in [0.29, 0.717) is 5.56 Å². The average Bonchev–Trinajstić information content (AvgIpc) is 2.79. The number of nitrogens with zero attached hydrogens (tertiary/aromatic N) is 2. The third-order valence-electron chi connectivity index (χ3n) is 4.04. The lowest BCUT2D eigenvalue weighted by Crippen LogP contribution is -2.43. The summed E-state index contributed by atoms with van der Waals surface area (Å²) in [6.45, 7) is -0.633. The second-order valence-corrected chi connectivity index (χ2v) is 6.17. The van der Waals surface area contributed by atoms with E-state index in [1.807, 2.05) is 18.2 Å². The fraction of sp³-hybridized carbons (Fsp3) is 0.0476. The van der Waals surface area contributed by atoms with Crippen molar-refractivity contribution in [1.29, 1.82) is 0 Å². The van der Waals surface area contributed by atoms with E-state index in [0.717, 1.165) is 17.0 Å². The van der Waals surface area contributed by atoms with Gasteiger partial charge in [0.25, 0.3) is 17.5 Å². The van der Waals surface area contributed by atoms with Gasteiger partial charge in [0.15, 0.2) is 6.61 Å². The molecule has 0 fully saturated rings. The topological polar surface area (TPSA) is 141 Å². The van der Waals surface area contributed by atoms with E-state index >= 15 is 0 Å². The van der Waals surface area contributed by atoms with Crippen molar-refractivity contribution >= 4 is 40.4 Å². The molecule has 0 radical (unpaired) electrons. The highest BCUT2D eigenvalue weighted by Gasteiger charge is 2.12. The SMILES string of the molecule is O=C(COC(=O)/C=C/c1cccc2cccnc12)NNC(=O)c1cccc([N+](=O)[O-])c1. The van der Waals surface area contributed by atoms with Crippen LogP contribution in [-0.4, -0.2) is 34.3 Å². The molecule has 10 nitrogen and oxygen atoms in total. The van der Waals surface area contributed by atoms with Crippen LogP contribution in [-0.2, 0) is 14.3 Å². The Morgan fingerprint density at radius 1 is 1.06 bits per heavy atom. The van der Waals surface area contributed by atoms with E-state index in [9.17, 15) is 24.5 Å². The zero-order chi connectivity index (χ0) is 22.2. The number of hydrogen-bond acceptors (Lipinski definition) is 7. The van der Waals surface area contributed by atoms with Gasteiger partial charge < -0.3 is 4.74 Å². The van der Waals surface area contributed by atoms with E-state index in [1.165, 1.54) is 30.4 Å². The first-order valence-corrected chi connectivity index (χ1v) is 8.96. The first-order valence-electron chi connectivity index (χ1n) is 8.96. The van der Waals surface area contributed by atoms with Gasteiger partial charge >= 0.3 is 5.97 Å². The Hall–Kier alpha value is -4.60. The van der Waals surface area contributed by atoms with Crippen molar-refractivity contribution in [2.75, 3.05) is 6.61 Å². The Balaban J connectivity index is 1.48. The second-order valence-electron chi connectivity index (χ2n) is 6.17. The van der Waals surface area contributed by atoms with Crippen molar-refractivity contribution in [2.45, 2.75) is 0 Å². The lowest BCUT2D eigenvalue weighted by Gasteiger charge is -2.07. The number of fused-ring (bicyclic) bond motifs is 1. The summed E-state index contributed by atoms with van der Waals surface area (Å²) in [5, 5.41) is 11.7. The minimum atomic E-state index is -0.785. The summed E-state index contributed by atoms with van der Waals surface area (Å²) in [5.41, 5.74) is 5.30. The Bertz CT molecular complexity index is 1190. The van der Waals surface area contributed by atoms with Crippen LogP contribution in [0.5, 0.6) is 0 Å². The highest BCUT2D eigenvalue weighted by Crippen LogP contribution is 2.17. The number of rotatable bonds is 6. The molecule has 3 rings (SSSR count). The van der Waals surface area contributed by atoms with Crippen molar-refractivity contribution in [3.8, 4) is 0 Å². The van der Waals surface area contributed by atoms with Crippen LogP contribution in [0.1, 0.15) is 15.9 Å². The zero-order valence-electron chi connectivity index (χ0n) is 16.0. The van der Waals surface area contributed by atoms with Gasteiger partial charge in [-0.15, -0.1) is 0 Å². The molecule has 0 aliphatic carbocycles. The number of amides is 2. The molecule has 1 aromatic heterocycles. The van der Waals surface area contributed by atoms with Crippen LogP contribution in [0.4, 0.5) is 5.69 Å². The van der Waals surface area contributed by atoms with Gasteiger partial charge in [0.2, 0.25) is 0 Å². The molecule has 2 aromatic carbocycles. The zero-order valence-corrected chi connectivity index (χ0v) is 16.0. The maximum absolute atomic E-state index is 12.0. The molecule has 0 aliphatic rings. The van der Waals surface area contributed by atoms with E-state index in [2.05, 4.69) is 15.8 Å². The van der Waals surface area contributed by atoms with Crippen LogP contribution in [0.3, 0.4) is 0 Å². The van der Waals surface area contributed by atoms with Crippen molar-refractivity contribution in [2.24, 2.45) is 0 Å². The molecular weight excluding hydrogens is 404 g/mol. The van der Waals surface area contributed by atoms with Gasteiger partial charge in [-0.25, -0.2) is 4.79 Å². The highest BCUT2D eigenvalue weighted by molar-refractivity contribution is 5.96. The number of aromatic nitrogens is 1. The average molecular weight is 420 g/mol. The Morgan fingerprint density at radius 3 is 2.65 bits per heavy atom. The maximum atomic E-state index is 12.0. The molecular formula is C21H16N4O6. The first kappa shape index (κ1) is 21.1. The largest absolute Gasteiger partial charge is 0.452 e. The van der Waals surface area contributed by atoms with Crippen molar-refractivity contribution in [3.05, 3.63) is 88.1 Å². The number of carbonyl (C=O) groups excluding carboxylic acids is 3. The van der Waals surface area contributed by atoms with Crippen LogP contribution in [0.25, 0.3) is 17.0 Å². The Kier molecular flexibility index (Phi) is 6.64. The van der Waals surface area contributed by atoms with Gasteiger partial charge in [-0.3, -0.25) is 35.5 Å². The molecule has 0 unspecified atom stereocenters. The van der Waals surface area contributed by atoms with Gasteiger partial charge in [0.1, 0.15) is 0 Å². The van der Waals surface area contributed by atoms with E-state index in [1.54, 1.807) is 18.3 Å². The van der Waals surface area contributed by atoms with Crippen molar-refractivity contribution in [1.82, 2.24) is 15.8 Å². The van der Waals surface area contributed by atoms with E-state index in [-0.39, 0.29) is 11.3 Å². The summed E-state index contributed by atoms with van der Waals surface area (Å²) < 4.78 is 4.83. The number of ether oxygens (including phenoxy) is 1. The monoisotopic (exact) mass is 420 g/mol. The molecule has 2 amide bonds. The number of esters is 1. The molecule has 0 aliphatic heterocycles. The quantitative estimate of drug-likeness (QED) is 0.269. The molecule has 0 saturated carbocycles.